The monoisotopic (exact) mass is 319 g/mol. The highest BCUT2D eigenvalue weighted by molar-refractivity contribution is 6.33. The van der Waals surface area contributed by atoms with Crippen molar-refractivity contribution in [2.45, 2.75) is 0 Å². The van der Waals surface area contributed by atoms with E-state index in [4.69, 9.17) is 11.6 Å². The van der Waals surface area contributed by atoms with Gasteiger partial charge in [-0.15, -0.1) is 0 Å². The van der Waals surface area contributed by atoms with Crippen molar-refractivity contribution in [2.75, 3.05) is 0 Å². The van der Waals surface area contributed by atoms with Gasteiger partial charge in [-0.1, -0.05) is 17.7 Å². The standard InChI is InChI=1S/C14H10ClN3O4/c15-13-5-4-11(18(21)22)6-10(13)8-16-17-14(20)9-2-1-3-12(19)7-9/h1-8,19H,(H,17,20)/b16-8+. The van der Waals surface area contributed by atoms with Gasteiger partial charge in [-0.05, 0) is 24.3 Å². The highest BCUT2D eigenvalue weighted by atomic mass is 35.5. The number of nitrogens with zero attached hydrogens (tertiary/aromatic N) is 2. The summed E-state index contributed by atoms with van der Waals surface area (Å²) in [6.45, 7) is 0. The topological polar surface area (TPSA) is 105 Å². The maximum atomic E-state index is 11.8. The number of aromatic hydroxyl groups is 1. The number of hydrazone groups is 1. The number of rotatable bonds is 4. The molecule has 0 aliphatic carbocycles. The summed E-state index contributed by atoms with van der Waals surface area (Å²) in [5.41, 5.74) is 2.63. The lowest BCUT2D eigenvalue weighted by atomic mass is 10.2. The highest BCUT2D eigenvalue weighted by Crippen LogP contribution is 2.20. The third-order valence-corrected chi connectivity index (χ3v) is 3.01. The van der Waals surface area contributed by atoms with Gasteiger partial charge in [0.25, 0.3) is 11.6 Å². The summed E-state index contributed by atoms with van der Waals surface area (Å²) >= 11 is 5.89. The predicted molar refractivity (Wildman–Crippen MR) is 81.3 cm³/mol. The van der Waals surface area contributed by atoms with E-state index in [0.717, 1.165) is 0 Å². The lowest BCUT2D eigenvalue weighted by molar-refractivity contribution is -0.384. The normalized spacial score (nSPS) is 10.6. The summed E-state index contributed by atoms with van der Waals surface area (Å²) in [6, 6.07) is 9.62. The molecule has 2 aromatic rings. The van der Waals surface area contributed by atoms with E-state index in [1.807, 2.05) is 0 Å². The summed E-state index contributed by atoms with van der Waals surface area (Å²) < 4.78 is 0. The first-order chi connectivity index (χ1) is 10.5. The van der Waals surface area contributed by atoms with E-state index in [2.05, 4.69) is 10.5 Å². The van der Waals surface area contributed by atoms with Crippen molar-refractivity contribution in [1.29, 1.82) is 0 Å². The van der Waals surface area contributed by atoms with Gasteiger partial charge < -0.3 is 5.11 Å². The van der Waals surface area contributed by atoms with E-state index in [0.29, 0.717) is 5.56 Å². The van der Waals surface area contributed by atoms with Crippen molar-refractivity contribution < 1.29 is 14.8 Å². The largest absolute Gasteiger partial charge is 0.508 e. The van der Waals surface area contributed by atoms with Crippen LogP contribution in [-0.4, -0.2) is 22.2 Å². The van der Waals surface area contributed by atoms with E-state index >= 15 is 0 Å². The first kappa shape index (κ1) is 15.5. The Morgan fingerprint density at radius 3 is 2.77 bits per heavy atom. The number of halogens is 1. The smallest absolute Gasteiger partial charge is 0.271 e. The van der Waals surface area contributed by atoms with Crippen molar-refractivity contribution in [3.8, 4) is 5.75 Å². The minimum Gasteiger partial charge on any atom is -0.508 e. The molecule has 2 aromatic carbocycles. The number of amides is 1. The molecule has 1 amide bonds. The third kappa shape index (κ3) is 3.80. The van der Waals surface area contributed by atoms with Crippen LogP contribution in [0.25, 0.3) is 0 Å². The van der Waals surface area contributed by atoms with Crippen LogP contribution >= 0.6 is 11.6 Å². The summed E-state index contributed by atoms with van der Waals surface area (Å²) in [6.07, 6.45) is 1.20. The van der Waals surface area contributed by atoms with Crippen LogP contribution < -0.4 is 5.43 Å². The molecule has 0 saturated heterocycles. The third-order valence-electron chi connectivity index (χ3n) is 2.67. The van der Waals surface area contributed by atoms with E-state index in [1.165, 1.54) is 48.7 Å². The van der Waals surface area contributed by atoms with Gasteiger partial charge in [-0.3, -0.25) is 14.9 Å². The Hall–Kier alpha value is -2.93. The summed E-state index contributed by atoms with van der Waals surface area (Å²) in [7, 11) is 0. The maximum absolute atomic E-state index is 11.8. The minimum absolute atomic E-state index is 0.0432. The molecule has 0 bridgehead atoms. The number of carbonyl (C=O) groups excluding carboxylic acids is 1. The van der Waals surface area contributed by atoms with Crippen LogP contribution in [0.1, 0.15) is 15.9 Å². The van der Waals surface area contributed by atoms with Crippen LogP contribution in [0.15, 0.2) is 47.6 Å². The van der Waals surface area contributed by atoms with Crippen molar-refractivity contribution in [2.24, 2.45) is 5.10 Å². The number of carbonyl (C=O) groups is 1. The van der Waals surface area contributed by atoms with Crippen molar-refractivity contribution in [3.05, 3.63) is 68.7 Å². The predicted octanol–water partition coefficient (Wildman–Crippen LogP) is 2.72. The van der Waals surface area contributed by atoms with Crippen molar-refractivity contribution in [1.82, 2.24) is 5.43 Å². The number of phenolic OH excluding ortho intramolecular Hbond substituents is 1. The summed E-state index contributed by atoms with van der Waals surface area (Å²) in [5.74, 6) is -0.577. The fourth-order valence-corrected chi connectivity index (χ4v) is 1.78. The number of hydrogen-bond donors (Lipinski definition) is 2. The Kier molecular flexibility index (Phi) is 4.70. The number of nitro groups is 1. The molecule has 0 heterocycles. The SMILES string of the molecule is O=C(N/N=C/c1cc([N+](=O)[O-])ccc1Cl)c1cccc(O)c1. The number of phenols is 1. The lowest BCUT2D eigenvalue weighted by Gasteiger charge is -2.01. The Bertz CT molecular complexity index is 762. The quantitative estimate of drug-likeness (QED) is 0.513. The van der Waals surface area contributed by atoms with Gasteiger partial charge in [-0.25, -0.2) is 5.43 Å². The van der Waals surface area contributed by atoms with Gasteiger partial charge in [0, 0.05) is 28.3 Å². The molecule has 0 spiro atoms. The van der Waals surface area contributed by atoms with E-state index in [1.54, 1.807) is 0 Å². The molecule has 0 aliphatic rings. The molecular formula is C14H10ClN3O4. The number of nitro benzene ring substituents is 1. The maximum Gasteiger partial charge on any atom is 0.271 e. The van der Waals surface area contributed by atoms with Gasteiger partial charge >= 0.3 is 0 Å². The number of hydrogen-bond acceptors (Lipinski definition) is 5. The molecule has 0 radical (unpaired) electrons. The molecule has 0 atom stereocenters. The van der Waals surface area contributed by atoms with Gasteiger partial charge in [0.1, 0.15) is 5.75 Å². The Balaban J connectivity index is 2.11. The molecule has 0 unspecified atom stereocenters. The molecule has 2 rings (SSSR count). The fourth-order valence-electron chi connectivity index (χ4n) is 1.62. The molecule has 2 N–H and O–H groups in total. The number of nitrogens with one attached hydrogen (secondary N) is 1. The molecule has 22 heavy (non-hydrogen) atoms. The van der Waals surface area contributed by atoms with Crippen LogP contribution in [0, 0.1) is 10.1 Å². The molecule has 0 aromatic heterocycles. The zero-order valence-corrected chi connectivity index (χ0v) is 11.8. The molecule has 8 heteroatoms. The van der Waals surface area contributed by atoms with Gasteiger partial charge in [-0.2, -0.15) is 5.10 Å². The van der Waals surface area contributed by atoms with Crippen LogP contribution in [-0.2, 0) is 0 Å². The van der Waals surface area contributed by atoms with Crippen molar-refractivity contribution >= 4 is 29.4 Å². The van der Waals surface area contributed by atoms with E-state index < -0.39 is 10.8 Å². The van der Waals surface area contributed by atoms with Crippen LogP contribution in [0.5, 0.6) is 5.75 Å². The second-order valence-corrected chi connectivity index (χ2v) is 4.62. The first-order valence-corrected chi connectivity index (χ1v) is 6.41. The Morgan fingerprint density at radius 2 is 2.09 bits per heavy atom. The zero-order valence-electron chi connectivity index (χ0n) is 11.1. The minimum atomic E-state index is -0.557. The van der Waals surface area contributed by atoms with Gasteiger partial charge in [0.05, 0.1) is 11.1 Å². The van der Waals surface area contributed by atoms with Crippen LogP contribution in [0.3, 0.4) is 0 Å². The van der Waals surface area contributed by atoms with E-state index in [9.17, 15) is 20.0 Å². The van der Waals surface area contributed by atoms with Gasteiger partial charge in [0.2, 0.25) is 0 Å². The highest BCUT2D eigenvalue weighted by Gasteiger charge is 2.09. The van der Waals surface area contributed by atoms with E-state index in [-0.39, 0.29) is 22.0 Å². The summed E-state index contributed by atoms with van der Waals surface area (Å²) in [5, 5.41) is 23.9. The van der Waals surface area contributed by atoms with Crippen LogP contribution in [0.2, 0.25) is 5.02 Å². The zero-order chi connectivity index (χ0) is 16.1. The molecule has 0 fully saturated rings. The molecule has 112 valence electrons. The lowest BCUT2D eigenvalue weighted by Crippen LogP contribution is -2.17. The first-order valence-electron chi connectivity index (χ1n) is 6.04. The molecular weight excluding hydrogens is 310 g/mol. The van der Waals surface area contributed by atoms with Crippen LogP contribution in [0.4, 0.5) is 5.69 Å². The average molecular weight is 320 g/mol. The Morgan fingerprint density at radius 1 is 1.32 bits per heavy atom. The van der Waals surface area contributed by atoms with Gasteiger partial charge in [0.15, 0.2) is 0 Å². The Labute approximate surface area is 130 Å². The second-order valence-electron chi connectivity index (χ2n) is 4.21. The average Bonchev–Trinajstić information content (AvgIpc) is 2.48. The molecule has 0 saturated carbocycles. The second kappa shape index (κ2) is 6.68. The van der Waals surface area contributed by atoms with Crippen molar-refractivity contribution in [3.63, 3.8) is 0 Å². The number of non-ortho nitro benzene ring substituents is 1. The molecule has 7 nitrogen and oxygen atoms in total. The summed E-state index contributed by atoms with van der Waals surface area (Å²) in [4.78, 5) is 21.9. The fraction of sp³-hybridized carbons (Fsp3) is 0. The molecule has 0 aliphatic heterocycles. The number of benzene rings is 2.